The third kappa shape index (κ3) is 3.83. The van der Waals surface area contributed by atoms with Gasteiger partial charge in [0, 0.05) is 24.9 Å². The first-order valence-corrected chi connectivity index (χ1v) is 9.24. The Morgan fingerprint density at radius 3 is 2.71 bits per heavy atom. The van der Waals surface area contributed by atoms with Gasteiger partial charge in [0.1, 0.15) is 5.78 Å². The Labute approximate surface area is 125 Å². The van der Waals surface area contributed by atoms with E-state index < -0.39 is 16.0 Å². The largest absolute Gasteiger partial charge is 0.466 e. The van der Waals surface area contributed by atoms with E-state index in [4.69, 9.17) is 4.74 Å². The Morgan fingerprint density at radius 2 is 2.10 bits per heavy atom. The Bertz CT molecular complexity index is 501. The maximum atomic E-state index is 12.4. The van der Waals surface area contributed by atoms with Crippen LogP contribution in [0.2, 0.25) is 0 Å². The first-order chi connectivity index (χ1) is 9.95. The zero-order valence-corrected chi connectivity index (χ0v) is 13.2. The maximum absolute atomic E-state index is 12.4. The van der Waals surface area contributed by atoms with E-state index in [-0.39, 0.29) is 36.5 Å². The van der Waals surface area contributed by atoms with Gasteiger partial charge in [0.05, 0.1) is 18.8 Å². The summed E-state index contributed by atoms with van der Waals surface area (Å²) in [5.41, 5.74) is 0. The average molecular weight is 317 g/mol. The van der Waals surface area contributed by atoms with Gasteiger partial charge in [-0.1, -0.05) is 0 Å². The summed E-state index contributed by atoms with van der Waals surface area (Å²) < 4.78 is 31.1. The molecular weight excluding hydrogens is 294 g/mol. The molecule has 1 saturated carbocycles. The summed E-state index contributed by atoms with van der Waals surface area (Å²) in [4.78, 5) is 23.2. The highest BCUT2D eigenvalue weighted by atomic mass is 32.2. The summed E-state index contributed by atoms with van der Waals surface area (Å²) in [7, 11) is -3.50. The molecule has 21 heavy (non-hydrogen) atoms. The van der Waals surface area contributed by atoms with Gasteiger partial charge in [0.25, 0.3) is 0 Å². The van der Waals surface area contributed by atoms with Crippen molar-refractivity contribution in [2.75, 3.05) is 18.9 Å². The smallest absolute Gasteiger partial charge is 0.306 e. The molecule has 0 N–H and O–H groups in total. The van der Waals surface area contributed by atoms with Crippen LogP contribution in [0.25, 0.3) is 0 Å². The van der Waals surface area contributed by atoms with Gasteiger partial charge in [-0.3, -0.25) is 9.59 Å². The number of Topliss-reactive ketones (excluding diaryl/α,β-unsaturated/α-hetero) is 1. The van der Waals surface area contributed by atoms with Crippen LogP contribution < -0.4 is 0 Å². The quantitative estimate of drug-likeness (QED) is 0.685. The number of ether oxygens (including phenoxy) is 1. The first-order valence-electron chi connectivity index (χ1n) is 7.63. The van der Waals surface area contributed by atoms with Crippen molar-refractivity contribution in [3.8, 4) is 0 Å². The first kappa shape index (κ1) is 16.4. The second-order valence-electron chi connectivity index (χ2n) is 5.66. The van der Waals surface area contributed by atoms with Crippen LogP contribution in [0.15, 0.2) is 0 Å². The SMILES string of the molecule is CCOC(=O)CCS(=O)(=O)N1CCCC1C1CCCC1=O. The minimum absolute atomic E-state index is 0.127. The van der Waals surface area contributed by atoms with Gasteiger partial charge in [-0.15, -0.1) is 0 Å². The van der Waals surface area contributed by atoms with Crippen molar-refractivity contribution in [2.24, 2.45) is 5.92 Å². The summed E-state index contributed by atoms with van der Waals surface area (Å²) in [6.07, 6.45) is 3.61. The maximum Gasteiger partial charge on any atom is 0.306 e. The van der Waals surface area contributed by atoms with Crippen LogP contribution in [-0.2, 0) is 24.3 Å². The number of sulfonamides is 1. The number of ketones is 1. The minimum Gasteiger partial charge on any atom is -0.466 e. The number of carbonyl (C=O) groups excluding carboxylic acids is 2. The van der Waals surface area contributed by atoms with Gasteiger partial charge in [0.15, 0.2) is 0 Å². The molecular formula is C14H23NO5S. The fourth-order valence-corrected chi connectivity index (χ4v) is 5.06. The zero-order valence-electron chi connectivity index (χ0n) is 12.4. The number of esters is 1. The number of carbonyl (C=O) groups is 2. The summed E-state index contributed by atoms with van der Waals surface area (Å²) in [6, 6.07) is -0.202. The number of rotatable bonds is 6. The summed E-state index contributed by atoms with van der Waals surface area (Å²) in [5.74, 6) is -0.686. The normalized spacial score (nSPS) is 27.2. The van der Waals surface area contributed by atoms with E-state index in [1.54, 1.807) is 6.92 Å². The van der Waals surface area contributed by atoms with Crippen molar-refractivity contribution in [3.05, 3.63) is 0 Å². The van der Waals surface area contributed by atoms with Crippen molar-refractivity contribution < 1.29 is 22.7 Å². The van der Waals surface area contributed by atoms with Gasteiger partial charge < -0.3 is 4.74 Å². The standard InChI is InChI=1S/C14H23NO5S/c1-2-20-14(17)8-10-21(18,19)15-9-4-6-12(15)11-5-3-7-13(11)16/h11-12H,2-10H2,1H3. The molecule has 1 saturated heterocycles. The lowest BCUT2D eigenvalue weighted by molar-refractivity contribution is -0.142. The molecule has 0 aromatic rings. The monoisotopic (exact) mass is 317 g/mol. The van der Waals surface area contributed by atoms with Crippen LogP contribution in [0.4, 0.5) is 0 Å². The van der Waals surface area contributed by atoms with Crippen LogP contribution in [0.1, 0.15) is 45.4 Å². The molecule has 2 fully saturated rings. The van der Waals surface area contributed by atoms with Gasteiger partial charge >= 0.3 is 5.97 Å². The van der Waals surface area contributed by atoms with Crippen LogP contribution >= 0.6 is 0 Å². The van der Waals surface area contributed by atoms with Crippen molar-refractivity contribution >= 4 is 21.8 Å². The van der Waals surface area contributed by atoms with Crippen LogP contribution in [0, 0.1) is 5.92 Å². The van der Waals surface area contributed by atoms with E-state index in [9.17, 15) is 18.0 Å². The highest BCUT2D eigenvalue weighted by molar-refractivity contribution is 7.89. The van der Waals surface area contributed by atoms with E-state index in [2.05, 4.69) is 0 Å². The fraction of sp³-hybridized carbons (Fsp3) is 0.857. The Kier molecular flexibility index (Phi) is 5.37. The molecule has 6 nitrogen and oxygen atoms in total. The minimum atomic E-state index is -3.50. The van der Waals surface area contributed by atoms with E-state index in [0.717, 1.165) is 25.7 Å². The Balaban J connectivity index is 2.01. The second-order valence-corrected chi connectivity index (χ2v) is 7.70. The molecule has 0 spiro atoms. The number of hydrogen-bond donors (Lipinski definition) is 0. The van der Waals surface area contributed by atoms with Gasteiger partial charge in [-0.25, -0.2) is 8.42 Å². The van der Waals surface area contributed by atoms with Crippen LogP contribution in [0.3, 0.4) is 0 Å². The summed E-state index contributed by atoms with van der Waals surface area (Å²) >= 11 is 0. The van der Waals surface area contributed by atoms with E-state index in [0.29, 0.717) is 13.0 Å². The summed E-state index contributed by atoms with van der Waals surface area (Å²) in [5, 5.41) is 0. The van der Waals surface area contributed by atoms with Crippen LogP contribution in [-0.4, -0.2) is 49.4 Å². The molecule has 2 atom stereocenters. The lowest BCUT2D eigenvalue weighted by Crippen LogP contribution is -2.42. The van der Waals surface area contributed by atoms with E-state index in [1.165, 1.54) is 4.31 Å². The second kappa shape index (κ2) is 6.87. The molecule has 1 aliphatic carbocycles. The van der Waals surface area contributed by atoms with Gasteiger partial charge in [-0.05, 0) is 32.6 Å². The zero-order chi connectivity index (χ0) is 15.5. The molecule has 0 aromatic carbocycles. The van der Waals surface area contributed by atoms with Crippen molar-refractivity contribution in [3.63, 3.8) is 0 Å². The van der Waals surface area contributed by atoms with Crippen LogP contribution in [0.5, 0.6) is 0 Å². The molecule has 2 rings (SSSR count). The Hall–Kier alpha value is -0.950. The third-order valence-corrected chi connectivity index (χ3v) is 6.18. The molecule has 0 radical (unpaired) electrons. The number of nitrogens with zero attached hydrogens (tertiary/aromatic N) is 1. The molecule has 2 unspecified atom stereocenters. The predicted molar refractivity (Wildman–Crippen MR) is 77.1 cm³/mol. The Morgan fingerprint density at radius 1 is 1.33 bits per heavy atom. The molecule has 2 aliphatic rings. The molecule has 1 aliphatic heterocycles. The van der Waals surface area contributed by atoms with E-state index in [1.807, 2.05) is 0 Å². The van der Waals surface area contributed by atoms with Crippen molar-refractivity contribution in [2.45, 2.75) is 51.5 Å². The number of hydrogen-bond acceptors (Lipinski definition) is 5. The van der Waals surface area contributed by atoms with Gasteiger partial charge in [-0.2, -0.15) is 4.31 Å². The molecule has 0 amide bonds. The highest BCUT2D eigenvalue weighted by Gasteiger charge is 2.42. The highest BCUT2D eigenvalue weighted by Crippen LogP contribution is 2.34. The molecule has 0 aromatic heterocycles. The predicted octanol–water partition coefficient (Wildman–Crippen LogP) is 1.10. The van der Waals surface area contributed by atoms with Crippen molar-refractivity contribution in [1.29, 1.82) is 0 Å². The van der Waals surface area contributed by atoms with Gasteiger partial charge in [0.2, 0.25) is 10.0 Å². The molecule has 7 heteroatoms. The molecule has 0 bridgehead atoms. The fourth-order valence-electron chi connectivity index (χ4n) is 3.33. The van der Waals surface area contributed by atoms with Crippen molar-refractivity contribution in [1.82, 2.24) is 4.31 Å². The topological polar surface area (TPSA) is 80.8 Å². The molecule has 120 valence electrons. The lowest BCUT2D eigenvalue weighted by atomic mass is 9.96. The molecule has 1 heterocycles. The third-order valence-electron chi connectivity index (χ3n) is 4.29. The lowest BCUT2D eigenvalue weighted by Gasteiger charge is -2.27. The average Bonchev–Trinajstić information content (AvgIpc) is 3.05. The van der Waals surface area contributed by atoms with E-state index >= 15 is 0 Å². The summed E-state index contributed by atoms with van der Waals surface area (Å²) in [6.45, 7) is 2.40.